The van der Waals surface area contributed by atoms with Gasteiger partial charge in [-0.3, -0.25) is 9.48 Å². The molecule has 0 aromatic heterocycles. The molecule has 2 bridgehead atoms. The van der Waals surface area contributed by atoms with E-state index >= 15 is 0 Å². The number of fused-ring (bicyclic) bond motifs is 4. The lowest BCUT2D eigenvalue weighted by Crippen LogP contribution is -2.43. The Hall–Kier alpha value is -1.31. The maximum Gasteiger partial charge on any atom is 0.234 e. The highest BCUT2D eigenvalue weighted by atomic mass is 15.2. The van der Waals surface area contributed by atoms with Crippen LogP contribution in [-0.2, 0) is 0 Å². The summed E-state index contributed by atoms with van der Waals surface area (Å²) in [4.78, 5) is 2.58. The first-order valence-corrected chi connectivity index (χ1v) is 12.2. The van der Waals surface area contributed by atoms with Crippen LogP contribution in [0.15, 0.2) is 36.5 Å². The van der Waals surface area contributed by atoms with Crippen LogP contribution in [0, 0.1) is 23.7 Å². The lowest BCUT2D eigenvalue weighted by Gasteiger charge is -2.41. The highest BCUT2D eigenvalue weighted by Crippen LogP contribution is 2.43. The van der Waals surface area contributed by atoms with Crippen LogP contribution >= 0.6 is 0 Å². The molecule has 0 aromatic rings. The molecular weight excluding hydrogens is 340 g/mol. The van der Waals surface area contributed by atoms with Crippen LogP contribution in [-0.4, -0.2) is 42.0 Å². The zero-order chi connectivity index (χ0) is 19.0. The summed E-state index contributed by atoms with van der Waals surface area (Å²) in [7, 11) is 0. The third kappa shape index (κ3) is 5.39. The van der Waals surface area contributed by atoms with Gasteiger partial charge in [-0.05, 0) is 50.4 Å². The topological polar surface area (TPSA) is 6.25 Å². The average molecular weight is 382 g/mol. The van der Waals surface area contributed by atoms with E-state index < -0.39 is 0 Å². The van der Waals surface area contributed by atoms with Crippen LogP contribution in [0.3, 0.4) is 0 Å². The predicted octanol–water partition coefficient (Wildman–Crippen LogP) is 5.81. The Balaban J connectivity index is 1.52. The molecule has 2 nitrogen and oxygen atoms in total. The molecule has 0 radical (unpaired) electrons. The van der Waals surface area contributed by atoms with Gasteiger partial charge in [-0.1, -0.05) is 55.7 Å². The molecule has 2 heteroatoms. The quantitative estimate of drug-likeness (QED) is 0.379. The van der Waals surface area contributed by atoms with Gasteiger partial charge in [0.2, 0.25) is 6.34 Å². The Bertz CT molecular complexity index is 600. The number of nitrogens with zero attached hydrogens (tertiary/aromatic N) is 2. The summed E-state index contributed by atoms with van der Waals surface area (Å²) in [6, 6.07) is 0. The number of hydrogen-bond acceptors (Lipinski definition) is 1. The zero-order valence-electron chi connectivity index (χ0n) is 17.9. The van der Waals surface area contributed by atoms with Gasteiger partial charge >= 0.3 is 0 Å². The van der Waals surface area contributed by atoms with Crippen molar-refractivity contribution in [1.82, 2.24) is 4.90 Å². The largest absolute Gasteiger partial charge is 0.268 e. The maximum absolute atomic E-state index is 2.67. The molecule has 28 heavy (non-hydrogen) atoms. The van der Waals surface area contributed by atoms with Crippen molar-refractivity contribution in [2.45, 2.75) is 70.6 Å². The van der Waals surface area contributed by atoms with Crippen molar-refractivity contribution in [3.05, 3.63) is 36.5 Å². The summed E-state index contributed by atoms with van der Waals surface area (Å²) >= 11 is 0. The molecule has 0 saturated heterocycles. The van der Waals surface area contributed by atoms with Crippen LogP contribution < -0.4 is 0 Å². The lowest BCUT2D eigenvalue weighted by molar-refractivity contribution is -0.543. The summed E-state index contributed by atoms with van der Waals surface area (Å²) in [5.41, 5.74) is 0. The molecule has 0 amide bonds. The van der Waals surface area contributed by atoms with E-state index in [0.717, 1.165) is 17.8 Å². The normalized spacial score (nSPS) is 36.0. The predicted molar refractivity (Wildman–Crippen MR) is 120 cm³/mol. The highest BCUT2D eigenvalue weighted by Gasteiger charge is 2.38. The molecule has 0 spiro atoms. The zero-order valence-corrected chi connectivity index (χ0v) is 17.9. The van der Waals surface area contributed by atoms with E-state index in [4.69, 9.17) is 0 Å². The van der Waals surface area contributed by atoms with Crippen molar-refractivity contribution in [1.29, 1.82) is 0 Å². The molecule has 0 unspecified atom stereocenters. The summed E-state index contributed by atoms with van der Waals surface area (Å²) in [6.45, 7) is 4.93. The van der Waals surface area contributed by atoms with E-state index in [-0.39, 0.29) is 0 Å². The van der Waals surface area contributed by atoms with Gasteiger partial charge in [-0.25, -0.2) is 0 Å². The van der Waals surface area contributed by atoms with Crippen molar-refractivity contribution in [3.63, 3.8) is 0 Å². The first-order chi connectivity index (χ1) is 13.9. The van der Waals surface area contributed by atoms with Gasteiger partial charge in [0.15, 0.2) is 0 Å². The van der Waals surface area contributed by atoms with Crippen LogP contribution in [0.1, 0.15) is 70.6 Å². The van der Waals surface area contributed by atoms with Crippen molar-refractivity contribution < 1.29 is 4.58 Å². The molecule has 4 rings (SSSR count). The molecule has 4 atom stereocenters. The second kappa shape index (κ2) is 10.5. The minimum atomic E-state index is 0.653. The maximum atomic E-state index is 2.67. The minimum Gasteiger partial charge on any atom is -0.268 e. The van der Waals surface area contributed by atoms with Crippen LogP contribution in [0.2, 0.25) is 0 Å². The third-order valence-electron chi connectivity index (χ3n) is 7.51. The molecule has 0 aromatic carbocycles. The fraction of sp³-hybridized carbons (Fsp3) is 0.731. The smallest absolute Gasteiger partial charge is 0.234 e. The van der Waals surface area contributed by atoms with Crippen LogP contribution in [0.5, 0.6) is 0 Å². The Labute approximate surface area is 173 Å². The molecule has 4 aliphatic rings. The number of hydrogen-bond donors (Lipinski definition) is 0. The summed E-state index contributed by atoms with van der Waals surface area (Å²) < 4.78 is 2.67. The van der Waals surface area contributed by atoms with Gasteiger partial charge in [0.25, 0.3) is 0 Å². The Kier molecular flexibility index (Phi) is 7.47. The summed E-state index contributed by atoms with van der Waals surface area (Å²) in [5.74, 6) is 3.21. The Morgan fingerprint density at radius 1 is 0.679 bits per heavy atom. The third-order valence-corrected chi connectivity index (χ3v) is 7.51. The Morgan fingerprint density at radius 2 is 1.54 bits per heavy atom. The average Bonchev–Trinajstić information content (AvgIpc) is 2.73. The first kappa shape index (κ1) is 20.0. The van der Waals surface area contributed by atoms with Crippen molar-refractivity contribution in [3.8, 4) is 0 Å². The molecule has 2 aliphatic heterocycles. The molecule has 1 saturated carbocycles. The lowest BCUT2D eigenvalue weighted by atomic mass is 9.64. The van der Waals surface area contributed by atoms with E-state index in [0.29, 0.717) is 5.92 Å². The molecular formula is C26H41N2+. The summed E-state index contributed by atoms with van der Waals surface area (Å²) in [6.07, 6.45) is 32.4. The second-order valence-corrected chi connectivity index (χ2v) is 9.56. The van der Waals surface area contributed by atoms with E-state index in [2.05, 4.69) is 52.3 Å². The fourth-order valence-electron chi connectivity index (χ4n) is 5.95. The molecule has 2 heterocycles. The molecule has 0 N–H and O–H groups in total. The molecule has 154 valence electrons. The van der Waals surface area contributed by atoms with Crippen molar-refractivity contribution in [2.24, 2.45) is 23.7 Å². The van der Waals surface area contributed by atoms with Gasteiger partial charge in [0.1, 0.15) is 0 Å². The molecule has 2 aliphatic carbocycles. The van der Waals surface area contributed by atoms with Gasteiger partial charge < -0.3 is 0 Å². The van der Waals surface area contributed by atoms with E-state index in [1.54, 1.807) is 0 Å². The fourth-order valence-corrected chi connectivity index (χ4v) is 5.95. The highest BCUT2D eigenvalue weighted by molar-refractivity contribution is 5.49. The SMILES string of the molecule is C1=CCCN2C=[N+](CCC2)C[C@H]2[C@@H]3CCCC[C@H]3C=C[C@H]2/C=C/CCCCC1. The van der Waals surface area contributed by atoms with E-state index in [1.807, 2.05) is 0 Å². The van der Waals surface area contributed by atoms with Crippen molar-refractivity contribution in [2.75, 3.05) is 26.2 Å². The van der Waals surface area contributed by atoms with E-state index in [9.17, 15) is 0 Å². The summed E-state index contributed by atoms with van der Waals surface area (Å²) in [5, 5.41) is 0. The monoisotopic (exact) mass is 381 g/mol. The minimum absolute atomic E-state index is 0.653. The first-order valence-electron chi connectivity index (χ1n) is 12.2. The van der Waals surface area contributed by atoms with Crippen LogP contribution in [0.25, 0.3) is 0 Å². The standard InChI is InChI=1S/C26H41N2/c1-2-4-6-8-13-24-17-16-23-14-9-10-15-25(23)26(24)21-28-20-12-19-27(22-28)18-11-7-5-3-1/h5,7-8,13,16-17,22-26H,1-4,6,9-12,14-15,18-21H2/q+1/b7-5?,13-8+/t23-,24+,25+,26+/m0/s1. The van der Waals surface area contributed by atoms with Gasteiger partial charge in [-0.2, -0.15) is 0 Å². The van der Waals surface area contributed by atoms with Crippen LogP contribution in [0.4, 0.5) is 0 Å². The second-order valence-electron chi connectivity index (χ2n) is 9.56. The molecule has 1 fully saturated rings. The van der Waals surface area contributed by atoms with Gasteiger partial charge in [0.05, 0.1) is 26.2 Å². The Morgan fingerprint density at radius 3 is 2.50 bits per heavy atom. The number of rotatable bonds is 0. The van der Waals surface area contributed by atoms with Gasteiger partial charge in [-0.15, -0.1) is 0 Å². The van der Waals surface area contributed by atoms with Gasteiger partial charge in [0, 0.05) is 24.7 Å². The number of allylic oxidation sites excluding steroid dienone is 5. The van der Waals surface area contributed by atoms with E-state index in [1.165, 1.54) is 96.8 Å². The van der Waals surface area contributed by atoms with Crippen molar-refractivity contribution >= 4 is 6.34 Å².